The number of hydrogen-bond donors (Lipinski definition) is 1. The molecule has 1 aliphatic rings. The molecule has 0 spiro atoms. The summed E-state index contributed by atoms with van der Waals surface area (Å²) in [6.07, 6.45) is 3.33. The Morgan fingerprint density at radius 2 is 1.94 bits per heavy atom. The topological polar surface area (TPSA) is 84.9 Å². The summed E-state index contributed by atoms with van der Waals surface area (Å²) < 4.78 is 39.5. The van der Waals surface area contributed by atoms with Gasteiger partial charge in [-0.2, -0.15) is 0 Å². The number of benzene rings is 2. The Labute approximate surface area is 197 Å². The van der Waals surface area contributed by atoms with Crippen LogP contribution in [0.25, 0.3) is 0 Å². The highest BCUT2D eigenvalue weighted by Crippen LogP contribution is 2.38. The lowest BCUT2D eigenvalue weighted by molar-refractivity contribution is -0.127. The standard InChI is InChI=1S/C25H34N2O5S/c1-5-7-8-19(6-2)16-26-25(28)24-17-27(22-15-18(3)9-14-23(22)32-24)33(29,30)21-12-10-20(31-4)11-13-21/h9-15,19,24H,5-8,16-17H2,1-4H3,(H,26,28). The van der Waals surface area contributed by atoms with E-state index in [9.17, 15) is 13.2 Å². The zero-order valence-corrected chi connectivity index (χ0v) is 20.7. The van der Waals surface area contributed by atoms with E-state index in [1.807, 2.05) is 13.0 Å². The van der Waals surface area contributed by atoms with Crippen molar-refractivity contribution in [3.8, 4) is 11.5 Å². The van der Waals surface area contributed by atoms with Crippen molar-refractivity contribution in [1.82, 2.24) is 5.32 Å². The van der Waals surface area contributed by atoms with E-state index in [2.05, 4.69) is 19.2 Å². The number of carbonyl (C=O) groups is 1. The highest BCUT2D eigenvalue weighted by atomic mass is 32.2. The molecule has 0 bridgehead atoms. The van der Waals surface area contributed by atoms with Crippen LogP contribution in [-0.4, -0.2) is 40.6 Å². The van der Waals surface area contributed by atoms with Crippen LogP contribution in [0, 0.1) is 12.8 Å². The van der Waals surface area contributed by atoms with Gasteiger partial charge in [0, 0.05) is 6.54 Å². The fraction of sp³-hybridized carbons (Fsp3) is 0.480. The van der Waals surface area contributed by atoms with Crippen LogP contribution >= 0.6 is 0 Å². The van der Waals surface area contributed by atoms with Crippen molar-refractivity contribution in [3.63, 3.8) is 0 Å². The van der Waals surface area contributed by atoms with Crippen molar-refractivity contribution in [2.75, 3.05) is 24.5 Å². The summed E-state index contributed by atoms with van der Waals surface area (Å²) in [6, 6.07) is 11.6. The van der Waals surface area contributed by atoms with E-state index in [1.54, 1.807) is 24.3 Å². The van der Waals surface area contributed by atoms with Crippen LogP contribution in [0.1, 0.15) is 45.1 Å². The summed E-state index contributed by atoms with van der Waals surface area (Å²) in [5, 5.41) is 2.98. The molecule has 0 saturated carbocycles. The fourth-order valence-corrected chi connectivity index (χ4v) is 5.37. The van der Waals surface area contributed by atoms with Crippen LogP contribution in [0.15, 0.2) is 47.4 Å². The first-order valence-electron chi connectivity index (χ1n) is 11.5. The zero-order valence-electron chi connectivity index (χ0n) is 19.8. The minimum absolute atomic E-state index is 0.0948. The van der Waals surface area contributed by atoms with Gasteiger partial charge in [-0.05, 0) is 61.2 Å². The van der Waals surface area contributed by atoms with E-state index in [4.69, 9.17) is 9.47 Å². The molecule has 1 amide bonds. The van der Waals surface area contributed by atoms with Crippen LogP contribution in [-0.2, 0) is 14.8 Å². The predicted molar refractivity (Wildman–Crippen MR) is 129 cm³/mol. The third-order valence-electron chi connectivity index (χ3n) is 6.03. The van der Waals surface area contributed by atoms with Crippen LogP contribution in [0.3, 0.4) is 0 Å². The van der Waals surface area contributed by atoms with Gasteiger partial charge >= 0.3 is 0 Å². The second kappa shape index (κ2) is 10.9. The molecule has 0 saturated heterocycles. The van der Waals surface area contributed by atoms with Crippen LogP contribution < -0.4 is 19.1 Å². The van der Waals surface area contributed by atoms with Crippen LogP contribution in [0.2, 0.25) is 0 Å². The molecule has 7 nitrogen and oxygen atoms in total. The molecule has 2 unspecified atom stereocenters. The molecule has 2 aromatic carbocycles. The predicted octanol–water partition coefficient (Wildman–Crippen LogP) is 4.29. The maximum absolute atomic E-state index is 13.6. The molecule has 0 aliphatic carbocycles. The van der Waals surface area contributed by atoms with Crippen molar-refractivity contribution >= 4 is 21.6 Å². The second-order valence-corrected chi connectivity index (χ2v) is 10.3. The number of nitrogens with one attached hydrogen (secondary N) is 1. The largest absolute Gasteiger partial charge is 0.497 e. The molecule has 0 aromatic heterocycles. The first kappa shape index (κ1) is 24.9. The summed E-state index contributed by atoms with van der Waals surface area (Å²) in [7, 11) is -2.39. The Morgan fingerprint density at radius 1 is 1.21 bits per heavy atom. The molecular formula is C25H34N2O5S. The van der Waals surface area contributed by atoms with E-state index in [0.29, 0.717) is 29.6 Å². The molecule has 2 aromatic rings. The van der Waals surface area contributed by atoms with E-state index in [-0.39, 0.29) is 17.3 Å². The van der Waals surface area contributed by atoms with Crippen molar-refractivity contribution < 1.29 is 22.7 Å². The monoisotopic (exact) mass is 474 g/mol. The van der Waals surface area contributed by atoms with Crippen molar-refractivity contribution in [1.29, 1.82) is 0 Å². The Hall–Kier alpha value is -2.74. The molecule has 33 heavy (non-hydrogen) atoms. The van der Waals surface area contributed by atoms with Gasteiger partial charge in [0.1, 0.15) is 11.5 Å². The SMILES string of the molecule is CCCCC(CC)CNC(=O)C1CN(S(=O)(=O)c2ccc(OC)cc2)c2cc(C)ccc2O1. The molecule has 0 radical (unpaired) electrons. The quantitative estimate of drug-likeness (QED) is 0.555. The molecule has 1 N–H and O–H groups in total. The van der Waals surface area contributed by atoms with Crippen LogP contribution in [0.5, 0.6) is 11.5 Å². The van der Waals surface area contributed by atoms with Gasteiger partial charge in [0.15, 0.2) is 6.10 Å². The van der Waals surface area contributed by atoms with Gasteiger partial charge in [0.2, 0.25) is 0 Å². The molecular weight excluding hydrogens is 440 g/mol. The van der Waals surface area contributed by atoms with Gasteiger partial charge in [-0.3, -0.25) is 9.10 Å². The average molecular weight is 475 g/mol. The van der Waals surface area contributed by atoms with Gasteiger partial charge in [0.05, 0.1) is 24.2 Å². The highest BCUT2D eigenvalue weighted by molar-refractivity contribution is 7.92. The molecule has 1 aliphatic heterocycles. The van der Waals surface area contributed by atoms with Crippen LogP contribution in [0.4, 0.5) is 5.69 Å². The number of fused-ring (bicyclic) bond motifs is 1. The molecule has 2 atom stereocenters. The van der Waals surface area contributed by atoms with E-state index in [1.165, 1.54) is 23.5 Å². The number of ether oxygens (including phenoxy) is 2. The van der Waals surface area contributed by atoms with Crippen molar-refractivity contribution in [2.24, 2.45) is 5.92 Å². The van der Waals surface area contributed by atoms with Crippen molar-refractivity contribution in [2.45, 2.75) is 57.5 Å². The summed E-state index contributed by atoms with van der Waals surface area (Å²) >= 11 is 0. The maximum atomic E-state index is 13.6. The number of methoxy groups -OCH3 is 1. The lowest BCUT2D eigenvalue weighted by Gasteiger charge is -2.35. The highest BCUT2D eigenvalue weighted by Gasteiger charge is 2.37. The minimum atomic E-state index is -3.91. The number of unbranched alkanes of at least 4 members (excludes halogenated alkanes) is 1. The average Bonchev–Trinajstić information content (AvgIpc) is 2.83. The third-order valence-corrected chi connectivity index (χ3v) is 7.83. The number of aryl methyl sites for hydroxylation is 1. The Bertz CT molecular complexity index is 1050. The maximum Gasteiger partial charge on any atom is 0.264 e. The van der Waals surface area contributed by atoms with E-state index in [0.717, 1.165) is 31.2 Å². The molecule has 180 valence electrons. The molecule has 1 heterocycles. The number of amides is 1. The minimum Gasteiger partial charge on any atom is -0.497 e. The summed E-state index contributed by atoms with van der Waals surface area (Å²) in [4.78, 5) is 13.1. The molecule has 8 heteroatoms. The number of anilines is 1. The number of hydrogen-bond acceptors (Lipinski definition) is 5. The molecule has 0 fully saturated rings. The summed E-state index contributed by atoms with van der Waals surface area (Å²) in [6.45, 7) is 6.62. The van der Waals surface area contributed by atoms with Gasteiger partial charge in [0.25, 0.3) is 15.9 Å². The normalized spacial score (nSPS) is 16.5. The number of nitrogens with zero attached hydrogens (tertiary/aromatic N) is 1. The van der Waals surface area contributed by atoms with E-state index < -0.39 is 16.1 Å². The Morgan fingerprint density at radius 3 is 2.58 bits per heavy atom. The van der Waals surface area contributed by atoms with Gasteiger partial charge in [-0.25, -0.2) is 8.42 Å². The van der Waals surface area contributed by atoms with Gasteiger partial charge in [-0.15, -0.1) is 0 Å². The summed E-state index contributed by atoms with van der Waals surface area (Å²) in [5.41, 5.74) is 1.33. The lowest BCUT2D eigenvalue weighted by Crippen LogP contribution is -2.51. The fourth-order valence-electron chi connectivity index (χ4n) is 3.90. The first-order chi connectivity index (χ1) is 15.8. The Kier molecular flexibility index (Phi) is 8.24. The first-order valence-corrected chi connectivity index (χ1v) is 13.0. The third kappa shape index (κ3) is 5.79. The number of sulfonamides is 1. The lowest BCUT2D eigenvalue weighted by atomic mass is 9.99. The van der Waals surface area contributed by atoms with Gasteiger partial charge < -0.3 is 14.8 Å². The molecule has 3 rings (SSSR count). The van der Waals surface area contributed by atoms with Gasteiger partial charge in [-0.1, -0.05) is 39.2 Å². The Balaban J connectivity index is 1.85. The van der Waals surface area contributed by atoms with E-state index >= 15 is 0 Å². The zero-order chi connectivity index (χ0) is 24.0. The number of rotatable bonds is 10. The van der Waals surface area contributed by atoms with Crippen molar-refractivity contribution in [3.05, 3.63) is 48.0 Å². The number of carbonyl (C=O) groups excluding carboxylic acids is 1. The smallest absolute Gasteiger partial charge is 0.264 e. The second-order valence-electron chi connectivity index (χ2n) is 8.45. The summed E-state index contributed by atoms with van der Waals surface area (Å²) in [5.74, 6) is 1.04.